The second kappa shape index (κ2) is 8.04. The van der Waals surface area contributed by atoms with Crippen LogP contribution in [-0.4, -0.2) is 0 Å². The SMILES string of the molecule is C=C(C)/C=C\C(=C/C)NC(=C)CC1CCC(C)CC1. The van der Waals surface area contributed by atoms with Gasteiger partial charge >= 0.3 is 0 Å². The van der Waals surface area contributed by atoms with Gasteiger partial charge in [-0.05, 0) is 51.0 Å². The second-order valence-corrected chi connectivity index (χ2v) is 5.98. The first kappa shape index (κ1) is 15.8. The maximum Gasteiger partial charge on any atom is 0.0338 e. The zero-order valence-corrected chi connectivity index (χ0v) is 12.8. The number of allylic oxidation sites excluding steroid dienone is 5. The Morgan fingerprint density at radius 1 is 1.16 bits per heavy atom. The predicted octanol–water partition coefficient (Wildman–Crippen LogP) is 5.34. The van der Waals surface area contributed by atoms with Crippen molar-refractivity contribution in [3.05, 3.63) is 48.4 Å². The van der Waals surface area contributed by atoms with Gasteiger partial charge < -0.3 is 5.32 Å². The van der Waals surface area contributed by atoms with Gasteiger partial charge in [0.2, 0.25) is 0 Å². The summed E-state index contributed by atoms with van der Waals surface area (Å²) in [5.74, 6) is 1.74. The number of rotatable bonds is 6. The first-order chi connectivity index (χ1) is 9.01. The Morgan fingerprint density at radius 2 is 1.79 bits per heavy atom. The van der Waals surface area contributed by atoms with Crippen molar-refractivity contribution in [2.75, 3.05) is 0 Å². The molecule has 0 spiro atoms. The van der Waals surface area contributed by atoms with E-state index in [-0.39, 0.29) is 0 Å². The van der Waals surface area contributed by atoms with Gasteiger partial charge in [-0.1, -0.05) is 50.6 Å². The van der Waals surface area contributed by atoms with Crippen molar-refractivity contribution in [1.82, 2.24) is 5.32 Å². The van der Waals surface area contributed by atoms with Crippen LogP contribution in [0.1, 0.15) is 52.9 Å². The predicted molar refractivity (Wildman–Crippen MR) is 85.7 cm³/mol. The summed E-state index contributed by atoms with van der Waals surface area (Å²) in [6.07, 6.45) is 12.7. The Kier molecular flexibility index (Phi) is 6.69. The van der Waals surface area contributed by atoms with Crippen LogP contribution in [0.2, 0.25) is 0 Å². The van der Waals surface area contributed by atoms with E-state index in [1.165, 1.54) is 25.7 Å². The molecule has 1 saturated carbocycles. The van der Waals surface area contributed by atoms with Gasteiger partial charge in [-0.25, -0.2) is 0 Å². The first-order valence-electron chi connectivity index (χ1n) is 7.46. The molecular weight excluding hydrogens is 230 g/mol. The second-order valence-electron chi connectivity index (χ2n) is 5.98. The van der Waals surface area contributed by atoms with Crippen LogP contribution in [0, 0.1) is 11.8 Å². The molecule has 1 aliphatic rings. The molecular formula is C18H29N. The lowest BCUT2D eigenvalue weighted by molar-refractivity contribution is 0.286. The minimum absolute atomic E-state index is 0.819. The highest BCUT2D eigenvalue weighted by atomic mass is 14.9. The van der Waals surface area contributed by atoms with Gasteiger partial charge in [-0.2, -0.15) is 0 Å². The highest BCUT2D eigenvalue weighted by molar-refractivity contribution is 5.26. The zero-order valence-electron chi connectivity index (χ0n) is 12.8. The van der Waals surface area contributed by atoms with Crippen molar-refractivity contribution in [2.45, 2.75) is 52.9 Å². The maximum absolute atomic E-state index is 4.17. The largest absolute Gasteiger partial charge is 0.360 e. The van der Waals surface area contributed by atoms with Gasteiger partial charge in [0.1, 0.15) is 0 Å². The first-order valence-corrected chi connectivity index (χ1v) is 7.46. The zero-order chi connectivity index (χ0) is 14.3. The van der Waals surface area contributed by atoms with Crippen LogP contribution in [0.15, 0.2) is 48.4 Å². The number of hydrogen-bond acceptors (Lipinski definition) is 1. The van der Waals surface area contributed by atoms with E-state index >= 15 is 0 Å². The standard InChI is InChI=1S/C18H29N/c1-6-18(12-7-14(2)3)19-16(5)13-17-10-8-15(4)9-11-17/h6-7,12,15,17,19H,2,5,8-11,13H2,1,3-4H3/b12-7-,18-6+. The molecule has 0 heterocycles. The van der Waals surface area contributed by atoms with Crippen LogP contribution in [0.5, 0.6) is 0 Å². The van der Waals surface area contributed by atoms with Crippen molar-refractivity contribution in [3.8, 4) is 0 Å². The molecule has 1 N–H and O–H groups in total. The van der Waals surface area contributed by atoms with Gasteiger partial charge in [0.05, 0.1) is 0 Å². The van der Waals surface area contributed by atoms with Gasteiger partial charge in [-0.3, -0.25) is 0 Å². The monoisotopic (exact) mass is 259 g/mol. The number of hydrogen-bond donors (Lipinski definition) is 1. The summed E-state index contributed by atoms with van der Waals surface area (Å²) in [4.78, 5) is 0. The van der Waals surface area contributed by atoms with E-state index in [1.54, 1.807) is 0 Å². The van der Waals surface area contributed by atoms with E-state index in [9.17, 15) is 0 Å². The summed E-state index contributed by atoms with van der Waals surface area (Å²) >= 11 is 0. The number of nitrogens with one attached hydrogen (secondary N) is 1. The highest BCUT2D eigenvalue weighted by Gasteiger charge is 2.18. The summed E-state index contributed by atoms with van der Waals surface area (Å²) in [6, 6.07) is 0. The van der Waals surface area contributed by atoms with Crippen LogP contribution < -0.4 is 5.32 Å². The molecule has 0 amide bonds. The van der Waals surface area contributed by atoms with E-state index in [0.29, 0.717) is 0 Å². The normalized spacial score (nSPS) is 24.5. The van der Waals surface area contributed by atoms with Gasteiger partial charge in [0.25, 0.3) is 0 Å². The quantitative estimate of drug-likeness (QED) is 0.635. The molecule has 1 rings (SSSR count). The third-order valence-electron chi connectivity index (χ3n) is 3.85. The summed E-state index contributed by atoms with van der Waals surface area (Å²) in [5, 5.41) is 3.42. The third kappa shape index (κ3) is 6.47. The molecule has 0 atom stereocenters. The molecule has 1 heteroatoms. The molecule has 1 fully saturated rings. The summed E-state index contributed by atoms with van der Waals surface area (Å²) < 4.78 is 0. The van der Waals surface area contributed by atoms with Crippen LogP contribution in [-0.2, 0) is 0 Å². The Morgan fingerprint density at radius 3 is 2.32 bits per heavy atom. The topological polar surface area (TPSA) is 12.0 Å². The van der Waals surface area contributed by atoms with E-state index < -0.39 is 0 Å². The smallest absolute Gasteiger partial charge is 0.0338 e. The van der Waals surface area contributed by atoms with Crippen molar-refractivity contribution in [2.24, 2.45) is 11.8 Å². The van der Waals surface area contributed by atoms with Crippen LogP contribution in [0.25, 0.3) is 0 Å². The average molecular weight is 259 g/mol. The van der Waals surface area contributed by atoms with E-state index in [2.05, 4.69) is 37.6 Å². The molecule has 0 aliphatic heterocycles. The molecule has 1 nitrogen and oxygen atoms in total. The van der Waals surface area contributed by atoms with Crippen LogP contribution in [0.4, 0.5) is 0 Å². The summed E-state index contributed by atoms with van der Waals surface area (Å²) in [6.45, 7) is 14.5. The lowest BCUT2D eigenvalue weighted by Gasteiger charge is -2.27. The maximum atomic E-state index is 4.17. The van der Waals surface area contributed by atoms with E-state index in [1.807, 2.05) is 19.9 Å². The van der Waals surface area contributed by atoms with Crippen LogP contribution >= 0.6 is 0 Å². The average Bonchev–Trinajstić information content (AvgIpc) is 2.37. The molecule has 19 heavy (non-hydrogen) atoms. The molecule has 0 unspecified atom stereocenters. The minimum atomic E-state index is 0.819. The molecule has 1 aliphatic carbocycles. The molecule has 0 aromatic carbocycles. The van der Waals surface area contributed by atoms with Crippen molar-refractivity contribution < 1.29 is 0 Å². The van der Waals surface area contributed by atoms with E-state index in [0.717, 1.165) is 35.2 Å². The fourth-order valence-corrected chi connectivity index (χ4v) is 2.58. The van der Waals surface area contributed by atoms with Gasteiger partial charge in [0.15, 0.2) is 0 Å². The lowest BCUT2D eigenvalue weighted by Crippen LogP contribution is -2.17. The van der Waals surface area contributed by atoms with Crippen molar-refractivity contribution >= 4 is 0 Å². The molecule has 0 saturated heterocycles. The molecule has 0 aromatic rings. The highest BCUT2D eigenvalue weighted by Crippen LogP contribution is 2.31. The Labute approximate surface area is 119 Å². The van der Waals surface area contributed by atoms with E-state index in [4.69, 9.17) is 0 Å². The van der Waals surface area contributed by atoms with Crippen LogP contribution in [0.3, 0.4) is 0 Å². The Bertz CT molecular complexity index is 365. The molecule has 0 radical (unpaired) electrons. The van der Waals surface area contributed by atoms with Crippen molar-refractivity contribution in [1.29, 1.82) is 0 Å². The molecule has 106 valence electrons. The summed E-state index contributed by atoms with van der Waals surface area (Å²) in [5.41, 5.74) is 3.31. The summed E-state index contributed by atoms with van der Waals surface area (Å²) in [7, 11) is 0. The molecule has 0 bridgehead atoms. The lowest BCUT2D eigenvalue weighted by atomic mass is 9.81. The fourth-order valence-electron chi connectivity index (χ4n) is 2.58. The molecule has 0 aromatic heterocycles. The third-order valence-corrected chi connectivity index (χ3v) is 3.85. The fraction of sp³-hybridized carbons (Fsp3) is 0.556. The minimum Gasteiger partial charge on any atom is -0.360 e. The Hall–Kier alpha value is -1.24. The Balaban J connectivity index is 2.39. The van der Waals surface area contributed by atoms with Gasteiger partial charge in [0, 0.05) is 11.4 Å². The van der Waals surface area contributed by atoms with Gasteiger partial charge in [-0.15, -0.1) is 0 Å². The van der Waals surface area contributed by atoms with Crippen molar-refractivity contribution in [3.63, 3.8) is 0 Å².